The van der Waals surface area contributed by atoms with Gasteiger partial charge >= 0.3 is 0 Å². The maximum absolute atomic E-state index is 8.85. The number of nitriles is 1. The van der Waals surface area contributed by atoms with Crippen LogP contribution >= 0.6 is 0 Å². The van der Waals surface area contributed by atoms with Crippen LogP contribution in [0.4, 0.5) is 0 Å². The Balaban J connectivity index is 2.11. The van der Waals surface area contributed by atoms with Crippen LogP contribution < -0.4 is 5.32 Å². The van der Waals surface area contributed by atoms with Gasteiger partial charge in [0.25, 0.3) is 0 Å². The third-order valence-electron chi connectivity index (χ3n) is 2.52. The van der Waals surface area contributed by atoms with E-state index in [1.54, 1.807) is 18.4 Å². The molecule has 0 aliphatic rings. The SMILES string of the molecule is CCCNCc1coc(-c2cccc(C#N)c2)n1. The molecule has 0 spiro atoms. The molecule has 0 atom stereocenters. The molecular weight excluding hydrogens is 226 g/mol. The number of nitrogens with zero attached hydrogens (tertiary/aromatic N) is 2. The van der Waals surface area contributed by atoms with Crippen LogP contribution in [-0.2, 0) is 6.54 Å². The van der Waals surface area contributed by atoms with E-state index in [4.69, 9.17) is 9.68 Å². The summed E-state index contributed by atoms with van der Waals surface area (Å²) in [5.41, 5.74) is 2.31. The Labute approximate surface area is 106 Å². The van der Waals surface area contributed by atoms with Crippen molar-refractivity contribution in [3.8, 4) is 17.5 Å². The summed E-state index contributed by atoms with van der Waals surface area (Å²) in [7, 11) is 0. The predicted molar refractivity (Wildman–Crippen MR) is 68.7 cm³/mol. The molecule has 0 aliphatic heterocycles. The van der Waals surface area contributed by atoms with Gasteiger partial charge in [-0.2, -0.15) is 5.26 Å². The fourth-order valence-corrected chi connectivity index (χ4v) is 1.64. The lowest BCUT2D eigenvalue weighted by molar-refractivity contribution is 0.570. The largest absolute Gasteiger partial charge is 0.444 e. The Morgan fingerprint density at radius 1 is 1.44 bits per heavy atom. The summed E-state index contributed by atoms with van der Waals surface area (Å²) in [6, 6.07) is 9.35. The molecular formula is C14H15N3O. The van der Waals surface area contributed by atoms with E-state index in [9.17, 15) is 0 Å². The lowest BCUT2D eigenvalue weighted by atomic mass is 10.1. The molecule has 1 heterocycles. The normalized spacial score (nSPS) is 10.2. The second-order valence-electron chi connectivity index (χ2n) is 4.01. The van der Waals surface area contributed by atoms with Crippen molar-refractivity contribution in [2.24, 2.45) is 0 Å². The average Bonchev–Trinajstić information content (AvgIpc) is 2.88. The monoisotopic (exact) mass is 241 g/mol. The topological polar surface area (TPSA) is 61.9 Å². The maximum atomic E-state index is 8.85. The van der Waals surface area contributed by atoms with Gasteiger partial charge < -0.3 is 9.73 Å². The Hall–Kier alpha value is -2.12. The van der Waals surface area contributed by atoms with E-state index in [1.165, 1.54) is 0 Å². The van der Waals surface area contributed by atoms with Crippen molar-refractivity contribution in [1.82, 2.24) is 10.3 Å². The van der Waals surface area contributed by atoms with Gasteiger partial charge in [0.2, 0.25) is 5.89 Å². The summed E-state index contributed by atoms with van der Waals surface area (Å²) in [6.45, 7) is 3.79. The highest BCUT2D eigenvalue weighted by Gasteiger charge is 2.06. The quantitative estimate of drug-likeness (QED) is 0.817. The first kappa shape index (κ1) is 12.3. The second kappa shape index (κ2) is 5.99. The molecule has 0 aliphatic carbocycles. The van der Waals surface area contributed by atoms with Crippen molar-refractivity contribution in [1.29, 1.82) is 5.26 Å². The lowest BCUT2D eigenvalue weighted by Gasteiger charge is -1.97. The summed E-state index contributed by atoms with van der Waals surface area (Å²) in [4.78, 5) is 4.39. The van der Waals surface area contributed by atoms with Gasteiger partial charge in [-0.05, 0) is 31.2 Å². The van der Waals surface area contributed by atoms with Gasteiger partial charge in [-0.3, -0.25) is 0 Å². The summed E-state index contributed by atoms with van der Waals surface area (Å²) < 4.78 is 5.42. The standard InChI is InChI=1S/C14H15N3O/c1-2-6-16-9-13-10-18-14(17-13)12-5-3-4-11(7-12)8-15/h3-5,7,10,16H,2,6,9H2,1H3. The van der Waals surface area contributed by atoms with Gasteiger partial charge in [0.1, 0.15) is 6.26 Å². The number of aromatic nitrogens is 1. The van der Waals surface area contributed by atoms with Gasteiger partial charge in [0.05, 0.1) is 17.3 Å². The first-order chi connectivity index (χ1) is 8.83. The fourth-order valence-electron chi connectivity index (χ4n) is 1.64. The Bertz CT molecular complexity index is 554. The minimum absolute atomic E-state index is 0.556. The van der Waals surface area contributed by atoms with Crippen LogP contribution in [0.25, 0.3) is 11.5 Å². The molecule has 0 fully saturated rings. The molecule has 0 bridgehead atoms. The number of hydrogen-bond donors (Lipinski definition) is 1. The third-order valence-corrected chi connectivity index (χ3v) is 2.52. The van der Waals surface area contributed by atoms with Gasteiger partial charge in [-0.1, -0.05) is 13.0 Å². The molecule has 0 amide bonds. The molecule has 4 heteroatoms. The van der Waals surface area contributed by atoms with Crippen LogP contribution in [0.3, 0.4) is 0 Å². The fraction of sp³-hybridized carbons (Fsp3) is 0.286. The molecule has 1 N–H and O–H groups in total. The number of oxazole rings is 1. The summed E-state index contributed by atoms with van der Waals surface area (Å²) in [5, 5.41) is 12.1. The Morgan fingerprint density at radius 3 is 3.11 bits per heavy atom. The molecule has 2 aromatic rings. The number of benzene rings is 1. The molecule has 2 rings (SSSR count). The van der Waals surface area contributed by atoms with Crippen LogP contribution in [0.1, 0.15) is 24.6 Å². The Kier molecular flexibility index (Phi) is 4.11. The van der Waals surface area contributed by atoms with E-state index in [0.717, 1.165) is 24.2 Å². The molecule has 0 saturated carbocycles. The number of rotatable bonds is 5. The molecule has 0 radical (unpaired) electrons. The molecule has 1 aromatic carbocycles. The minimum atomic E-state index is 0.556. The smallest absolute Gasteiger partial charge is 0.226 e. The van der Waals surface area contributed by atoms with Crippen LogP contribution in [0.5, 0.6) is 0 Å². The highest BCUT2D eigenvalue weighted by molar-refractivity contribution is 5.56. The van der Waals surface area contributed by atoms with Gasteiger partial charge in [-0.25, -0.2) is 4.98 Å². The lowest BCUT2D eigenvalue weighted by Crippen LogP contribution is -2.13. The third kappa shape index (κ3) is 2.96. The van der Waals surface area contributed by atoms with E-state index in [-0.39, 0.29) is 0 Å². The zero-order chi connectivity index (χ0) is 12.8. The minimum Gasteiger partial charge on any atom is -0.444 e. The highest BCUT2D eigenvalue weighted by Crippen LogP contribution is 2.19. The highest BCUT2D eigenvalue weighted by atomic mass is 16.3. The van der Waals surface area contributed by atoms with Crippen molar-refractivity contribution in [3.63, 3.8) is 0 Å². The van der Waals surface area contributed by atoms with E-state index in [2.05, 4.69) is 23.3 Å². The van der Waals surface area contributed by atoms with Crippen molar-refractivity contribution in [2.75, 3.05) is 6.54 Å². The molecule has 1 aromatic heterocycles. The van der Waals surface area contributed by atoms with E-state index >= 15 is 0 Å². The van der Waals surface area contributed by atoms with Crippen LogP contribution in [0, 0.1) is 11.3 Å². The van der Waals surface area contributed by atoms with E-state index in [1.807, 2.05) is 12.1 Å². The van der Waals surface area contributed by atoms with Crippen LogP contribution in [-0.4, -0.2) is 11.5 Å². The van der Waals surface area contributed by atoms with Crippen molar-refractivity contribution < 1.29 is 4.42 Å². The Morgan fingerprint density at radius 2 is 2.33 bits per heavy atom. The summed E-state index contributed by atoms with van der Waals surface area (Å²) in [5.74, 6) is 0.556. The number of nitrogens with one attached hydrogen (secondary N) is 1. The second-order valence-corrected chi connectivity index (χ2v) is 4.01. The van der Waals surface area contributed by atoms with Crippen molar-refractivity contribution in [2.45, 2.75) is 19.9 Å². The summed E-state index contributed by atoms with van der Waals surface area (Å²) in [6.07, 6.45) is 2.74. The van der Waals surface area contributed by atoms with Crippen molar-refractivity contribution in [3.05, 3.63) is 41.8 Å². The maximum Gasteiger partial charge on any atom is 0.226 e. The molecule has 4 nitrogen and oxygen atoms in total. The van der Waals surface area contributed by atoms with Crippen LogP contribution in [0.2, 0.25) is 0 Å². The van der Waals surface area contributed by atoms with E-state index in [0.29, 0.717) is 18.0 Å². The predicted octanol–water partition coefficient (Wildman–Crippen LogP) is 2.71. The first-order valence-electron chi connectivity index (χ1n) is 5.99. The van der Waals surface area contributed by atoms with Gasteiger partial charge in [0, 0.05) is 12.1 Å². The zero-order valence-electron chi connectivity index (χ0n) is 10.3. The van der Waals surface area contributed by atoms with Gasteiger partial charge in [0.15, 0.2) is 0 Å². The molecule has 92 valence electrons. The summed E-state index contributed by atoms with van der Waals surface area (Å²) >= 11 is 0. The van der Waals surface area contributed by atoms with Gasteiger partial charge in [-0.15, -0.1) is 0 Å². The average molecular weight is 241 g/mol. The number of hydrogen-bond acceptors (Lipinski definition) is 4. The zero-order valence-corrected chi connectivity index (χ0v) is 10.3. The molecule has 0 unspecified atom stereocenters. The first-order valence-corrected chi connectivity index (χ1v) is 5.99. The molecule has 18 heavy (non-hydrogen) atoms. The molecule has 0 saturated heterocycles. The van der Waals surface area contributed by atoms with Crippen LogP contribution in [0.15, 0.2) is 34.9 Å². The van der Waals surface area contributed by atoms with E-state index < -0.39 is 0 Å². The van der Waals surface area contributed by atoms with Crippen molar-refractivity contribution >= 4 is 0 Å².